The first-order valence-corrected chi connectivity index (χ1v) is 6.94. The van der Waals surface area contributed by atoms with Gasteiger partial charge in [-0.15, -0.1) is 6.58 Å². The van der Waals surface area contributed by atoms with E-state index < -0.39 is 4.92 Å². The number of ether oxygens (including phenoxy) is 2. The molecule has 9 heteroatoms. The summed E-state index contributed by atoms with van der Waals surface area (Å²) < 4.78 is 10.4. The Hall–Kier alpha value is -3.36. The van der Waals surface area contributed by atoms with E-state index in [0.29, 0.717) is 23.7 Å². The zero-order valence-corrected chi connectivity index (χ0v) is 13.3. The summed E-state index contributed by atoms with van der Waals surface area (Å²) in [6.07, 6.45) is 2.81. The number of anilines is 3. The molecule has 2 N–H and O–H groups in total. The van der Waals surface area contributed by atoms with Gasteiger partial charge in [0.05, 0.1) is 24.8 Å². The second-order valence-electron chi connectivity index (χ2n) is 4.54. The van der Waals surface area contributed by atoms with E-state index in [4.69, 9.17) is 9.47 Å². The van der Waals surface area contributed by atoms with E-state index in [9.17, 15) is 10.1 Å². The molecule has 0 atom stereocenters. The summed E-state index contributed by atoms with van der Waals surface area (Å²) in [6.45, 7) is 3.90. The lowest BCUT2D eigenvalue weighted by Crippen LogP contribution is -2.08. The van der Waals surface area contributed by atoms with Crippen LogP contribution in [-0.2, 0) is 0 Å². The molecular weight excluding hydrogens is 314 g/mol. The molecule has 1 heterocycles. The number of nitrogens with zero attached hydrogens (tertiary/aromatic N) is 3. The van der Waals surface area contributed by atoms with E-state index in [2.05, 4.69) is 27.2 Å². The lowest BCUT2D eigenvalue weighted by molar-refractivity contribution is -0.383. The van der Waals surface area contributed by atoms with Crippen LogP contribution in [0, 0.1) is 10.1 Å². The fraction of sp³-hybridized carbons (Fsp3) is 0.200. The number of rotatable bonds is 8. The van der Waals surface area contributed by atoms with Crippen molar-refractivity contribution in [3.8, 4) is 11.5 Å². The van der Waals surface area contributed by atoms with Gasteiger partial charge in [0, 0.05) is 12.6 Å². The van der Waals surface area contributed by atoms with Crippen LogP contribution in [0.3, 0.4) is 0 Å². The molecule has 9 nitrogen and oxygen atoms in total. The first-order valence-electron chi connectivity index (χ1n) is 6.94. The molecule has 0 spiro atoms. The molecule has 0 saturated heterocycles. The van der Waals surface area contributed by atoms with Crippen molar-refractivity contribution in [1.82, 2.24) is 9.97 Å². The van der Waals surface area contributed by atoms with Crippen molar-refractivity contribution in [3.63, 3.8) is 0 Å². The van der Waals surface area contributed by atoms with Gasteiger partial charge in [-0.05, 0) is 12.1 Å². The van der Waals surface area contributed by atoms with Gasteiger partial charge in [0.15, 0.2) is 0 Å². The minimum atomic E-state index is -0.552. The lowest BCUT2D eigenvalue weighted by atomic mass is 10.2. The number of methoxy groups -OCH3 is 2. The SMILES string of the molecule is C=CCNc1ncnc(Nc2ccc(OC)cc2OC)c1[N+](=O)[O-]. The molecule has 126 valence electrons. The number of benzene rings is 1. The summed E-state index contributed by atoms with van der Waals surface area (Å²) in [4.78, 5) is 18.7. The Morgan fingerprint density at radius 3 is 2.67 bits per heavy atom. The predicted octanol–water partition coefficient (Wildman–Crippen LogP) is 2.74. The van der Waals surface area contributed by atoms with E-state index in [1.807, 2.05) is 0 Å². The molecule has 2 rings (SSSR count). The number of aromatic nitrogens is 2. The molecule has 0 aliphatic heterocycles. The average molecular weight is 331 g/mol. The minimum absolute atomic E-state index is 0.0463. The van der Waals surface area contributed by atoms with E-state index in [0.717, 1.165) is 0 Å². The Labute approximate surface area is 138 Å². The molecule has 24 heavy (non-hydrogen) atoms. The summed E-state index contributed by atoms with van der Waals surface area (Å²) in [5, 5.41) is 17.1. The molecule has 0 unspecified atom stereocenters. The highest BCUT2D eigenvalue weighted by Crippen LogP contribution is 2.35. The third-order valence-corrected chi connectivity index (χ3v) is 3.08. The maximum Gasteiger partial charge on any atom is 0.353 e. The van der Waals surface area contributed by atoms with Crippen molar-refractivity contribution < 1.29 is 14.4 Å². The Morgan fingerprint density at radius 2 is 2.04 bits per heavy atom. The first-order chi connectivity index (χ1) is 11.6. The van der Waals surface area contributed by atoms with Crippen LogP contribution in [0.5, 0.6) is 11.5 Å². The molecule has 0 saturated carbocycles. The van der Waals surface area contributed by atoms with Gasteiger partial charge in [-0.25, -0.2) is 9.97 Å². The van der Waals surface area contributed by atoms with Crippen molar-refractivity contribution in [2.45, 2.75) is 0 Å². The van der Waals surface area contributed by atoms with Crippen LogP contribution >= 0.6 is 0 Å². The van der Waals surface area contributed by atoms with E-state index in [-0.39, 0.29) is 17.3 Å². The molecular formula is C15H17N5O4. The normalized spacial score (nSPS) is 9.92. The number of nitrogens with one attached hydrogen (secondary N) is 2. The topological polar surface area (TPSA) is 111 Å². The molecule has 0 aliphatic rings. The van der Waals surface area contributed by atoms with Gasteiger partial charge in [0.25, 0.3) is 0 Å². The van der Waals surface area contributed by atoms with Gasteiger partial charge in [0.1, 0.15) is 17.8 Å². The molecule has 0 fully saturated rings. The highest BCUT2D eigenvalue weighted by atomic mass is 16.6. The van der Waals surface area contributed by atoms with Gasteiger partial charge >= 0.3 is 5.69 Å². The van der Waals surface area contributed by atoms with Crippen LogP contribution in [0.15, 0.2) is 37.2 Å². The molecule has 0 amide bonds. The Kier molecular flexibility index (Phi) is 5.50. The summed E-state index contributed by atoms with van der Waals surface area (Å²) in [7, 11) is 3.03. The highest BCUT2D eigenvalue weighted by molar-refractivity contribution is 5.76. The lowest BCUT2D eigenvalue weighted by Gasteiger charge is -2.13. The third kappa shape index (κ3) is 3.69. The van der Waals surface area contributed by atoms with E-state index >= 15 is 0 Å². The van der Waals surface area contributed by atoms with Crippen molar-refractivity contribution in [2.24, 2.45) is 0 Å². The van der Waals surface area contributed by atoms with Crippen LogP contribution in [0.2, 0.25) is 0 Å². The molecule has 1 aromatic carbocycles. The maximum atomic E-state index is 11.4. The molecule has 1 aromatic heterocycles. The van der Waals surface area contributed by atoms with Gasteiger partial charge < -0.3 is 20.1 Å². The second kappa shape index (κ2) is 7.77. The maximum absolute atomic E-state index is 11.4. The fourth-order valence-corrected chi connectivity index (χ4v) is 1.97. The van der Waals surface area contributed by atoms with Gasteiger partial charge in [-0.1, -0.05) is 6.08 Å². The van der Waals surface area contributed by atoms with Gasteiger partial charge in [0.2, 0.25) is 11.6 Å². The minimum Gasteiger partial charge on any atom is -0.497 e. The quantitative estimate of drug-likeness (QED) is 0.431. The first kappa shape index (κ1) is 17.0. The number of hydrogen-bond donors (Lipinski definition) is 2. The summed E-state index contributed by atoms with van der Waals surface area (Å²) in [5.74, 6) is 1.21. The van der Waals surface area contributed by atoms with Crippen molar-refractivity contribution >= 4 is 23.0 Å². The largest absolute Gasteiger partial charge is 0.497 e. The highest BCUT2D eigenvalue weighted by Gasteiger charge is 2.23. The number of nitro groups is 1. The van der Waals surface area contributed by atoms with Crippen LogP contribution < -0.4 is 20.1 Å². The number of hydrogen-bond acceptors (Lipinski definition) is 8. The summed E-state index contributed by atoms with van der Waals surface area (Å²) >= 11 is 0. The Balaban J connectivity index is 2.42. The van der Waals surface area contributed by atoms with E-state index in [1.165, 1.54) is 20.5 Å². The van der Waals surface area contributed by atoms with Crippen LogP contribution in [-0.4, -0.2) is 35.7 Å². The zero-order chi connectivity index (χ0) is 17.5. The van der Waals surface area contributed by atoms with Crippen LogP contribution in [0.25, 0.3) is 0 Å². The fourth-order valence-electron chi connectivity index (χ4n) is 1.97. The zero-order valence-electron chi connectivity index (χ0n) is 13.3. The summed E-state index contributed by atoms with van der Waals surface area (Å²) in [5.41, 5.74) is 0.243. The molecule has 2 aromatic rings. The second-order valence-corrected chi connectivity index (χ2v) is 4.54. The molecule has 0 aliphatic carbocycles. The van der Waals surface area contributed by atoms with Gasteiger partial charge in [-0.3, -0.25) is 10.1 Å². The summed E-state index contributed by atoms with van der Waals surface area (Å²) in [6, 6.07) is 5.04. The van der Waals surface area contributed by atoms with Crippen molar-refractivity contribution in [2.75, 3.05) is 31.4 Å². The third-order valence-electron chi connectivity index (χ3n) is 3.08. The monoisotopic (exact) mass is 331 g/mol. The van der Waals surface area contributed by atoms with Crippen molar-refractivity contribution in [1.29, 1.82) is 0 Å². The van der Waals surface area contributed by atoms with E-state index in [1.54, 1.807) is 24.3 Å². The smallest absolute Gasteiger partial charge is 0.353 e. The van der Waals surface area contributed by atoms with Gasteiger partial charge in [-0.2, -0.15) is 0 Å². The average Bonchev–Trinajstić information content (AvgIpc) is 2.60. The molecule has 0 bridgehead atoms. The van der Waals surface area contributed by atoms with Crippen LogP contribution in [0.4, 0.5) is 23.0 Å². The van der Waals surface area contributed by atoms with Crippen LogP contribution in [0.1, 0.15) is 0 Å². The Bertz CT molecular complexity index is 751. The molecule has 0 radical (unpaired) electrons. The predicted molar refractivity (Wildman–Crippen MR) is 90.2 cm³/mol. The standard InChI is InChI=1S/C15H17N5O4/c1-4-7-16-14-13(20(21)22)15(18-9-17-14)19-11-6-5-10(23-2)8-12(11)24-3/h4-6,8-9H,1,7H2,2-3H3,(H2,16,17,18,19). The Morgan fingerprint density at radius 1 is 1.29 bits per heavy atom. The van der Waals surface area contributed by atoms with Crippen molar-refractivity contribution in [3.05, 3.63) is 47.3 Å².